The average molecular weight is 269 g/mol. The van der Waals surface area contributed by atoms with Crippen molar-refractivity contribution in [3.63, 3.8) is 0 Å². The minimum Gasteiger partial charge on any atom is -0.400 e. The molecule has 2 heterocycles. The third kappa shape index (κ3) is 3.10. The van der Waals surface area contributed by atoms with Crippen molar-refractivity contribution in [2.75, 3.05) is 12.0 Å². The number of nitro groups is 1. The lowest BCUT2D eigenvalue weighted by atomic mass is 10.3. The number of nitrogens with zero attached hydrogens (tertiary/aromatic N) is 3. The monoisotopic (exact) mass is 269 g/mol. The lowest BCUT2D eigenvalue weighted by molar-refractivity contribution is -0.402. The lowest BCUT2D eigenvalue weighted by Crippen LogP contribution is -2.09. The molecule has 0 N–H and O–H groups in total. The molecule has 0 aliphatic carbocycles. The van der Waals surface area contributed by atoms with Crippen molar-refractivity contribution in [1.29, 1.82) is 0 Å². The fraction of sp³-hybridized carbons (Fsp3) is 0.400. The summed E-state index contributed by atoms with van der Waals surface area (Å²) in [7, 11) is 0. The van der Waals surface area contributed by atoms with Gasteiger partial charge in [-0.3, -0.25) is 10.1 Å². The van der Waals surface area contributed by atoms with E-state index in [1.807, 2.05) is 6.26 Å². The van der Waals surface area contributed by atoms with E-state index in [9.17, 15) is 10.1 Å². The highest BCUT2D eigenvalue weighted by Gasteiger charge is 2.19. The Morgan fingerprint density at radius 3 is 3.22 bits per heavy atom. The quantitative estimate of drug-likeness (QED) is 0.474. The van der Waals surface area contributed by atoms with Gasteiger partial charge in [0.2, 0.25) is 0 Å². The molecule has 1 aromatic rings. The molecular formula is C10H11N3O4S. The summed E-state index contributed by atoms with van der Waals surface area (Å²) in [5.41, 5.74) is 0. The summed E-state index contributed by atoms with van der Waals surface area (Å²) in [5, 5.41) is 14.2. The molecule has 0 bridgehead atoms. The smallest absolute Gasteiger partial charge is 0.400 e. The lowest BCUT2D eigenvalue weighted by Gasteiger charge is -2.02. The molecule has 96 valence electrons. The molecule has 0 amide bonds. The van der Waals surface area contributed by atoms with E-state index < -0.39 is 4.92 Å². The topological polar surface area (TPSA) is 90.2 Å². The Hall–Kier alpha value is -1.83. The number of amidine groups is 1. The molecule has 1 aliphatic heterocycles. The van der Waals surface area contributed by atoms with E-state index in [-0.39, 0.29) is 12.0 Å². The Morgan fingerprint density at radius 2 is 2.56 bits per heavy atom. The van der Waals surface area contributed by atoms with Gasteiger partial charge in [0.05, 0.1) is 18.7 Å². The minimum atomic E-state index is -0.595. The first kappa shape index (κ1) is 12.6. The van der Waals surface area contributed by atoms with Gasteiger partial charge in [0.15, 0.2) is 11.6 Å². The third-order valence-corrected chi connectivity index (χ3v) is 2.91. The van der Waals surface area contributed by atoms with Crippen LogP contribution in [0.25, 0.3) is 0 Å². The molecule has 7 nitrogen and oxygen atoms in total. The zero-order valence-corrected chi connectivity index (χ0v) is 10.4. The summed E-state index contributed by atoms with van der Waals surface area (Å²) in [6, 6.07) is 2.77. The normalized spacial score (nSPS) is 18.9. The fourth-order valence-electron chi connectivity index (χ4n) is 1.41. The highest BCUT2D eigenvalue weighted by atomic mass is 32.2. The molecule has 2 rings (SSSR count). The van der Waals surface area contributed by atoms with Crippen LogP contribution in [-0.4, -0.2) is 35.1 Å². The van der Waals surface area contributed by atoms with Crippen molar-refractivity contribution in [3.8, 4) is 0 Å². The molecule has 18 heavy (non-hydrogen) atoms. The maximum Gasteiger partial charge on any atom is 0.433 e. The first-order valence-corrected chi connectivity index (χ1v) is 6.58. The number of furan rings is 1. The van der Waals surface area contributed by atoms with Gasteiger partial charge in [0.1, 0.15) is 11.0 Å². The molecule has 8 heteroatoms. The van der Waals surface area contributed by atoms with Gasteiger partial charge in [-0.15, -0.1) is 0 Å². The van der Waals surface area contributed by atoms with Crippen molar-refractivity contribution in [2.24, 2.45) is 10.1 Å². The molecule has 0 unspecified atom stereocenters. The van der Waals surface area contributed by atoms with Crippen LogP contribution in [0, 0.1) is 10.1 Å². The average Bonchev–Trinajstić information content (AvgIpc) is 2.95. The highest BCUT2D eigenvalue weighted by Crippen LogP contribution is 2.16. The predicted molar refractivity (Wildman–Crippen MR) is 68.3 cm³/mol. The Labute approximate surface area is 107 Å². The van der Waals surface area contributed by atoms with Crippen LogP contribution < -0.4 is 0 Å². The SMILES string of the molecule is CSC[C@@H]1CC(N=Cc2ccc([N+](=O)[O-])o2)=NO1. The Bertz CT molecular complexity index is 497. The van der Waals surface area contributed by atoms with E-state index >= 15 is 0 Å². The van der Waals surface area contributed by atoms with E-state index in [1.54, 1.807) is 11.8 Å². The van der Waals surface area contributed by atoms with E-state index in [4.69, 9.17) is 9.25 Å². The van der Waals surface area contributed by atoms with Gasteiger partial charge in [0.25, 0.3) is 0 Å². The maximum absolute atomic E-state index is 10.4. The van der Waals surface area contributed by atoms with Crippen LogP contribution in [0.4, 0.5) is 5.88 Å². The number of thioether (sulfide) groups is 1. The van der Waals surface area contributed by atoms with Gasteiger partial charge >= 0.3 is 5.88 Å². The van der Waals surface area contributed by atoms with Gasteiger partial charge in [-0.2, -0.15) is 11.8 Å². The summed E-state index contributed by atoms with van der Waals surface area (Å²) >= 11 is 1.68. The largest absolute Gasteiger partial charge is 0.433 e. The zero-order chi connectivity index (χ0) is 13.0. The van der Waals surface area contributed by atoms with Crippen LogP contribution in [0.2, 0.25) is 0 Å². The Morgan fingerprint density at radius 1 is 1.72 bits per heavy atom. The van der Waals surface area contributed by atoms with Crippen molar-refractivity contribution in [1.82, 2.24) is 0 Å². The number of rotatable bonds is 4. The van der Waals surface area contributed by atoms with Gasteiger partial charge < -0.3 is 9.25 Å². The van der Waals surface area contributed by atoms with E-state index in [1.165, 1.54) is 18.3 Å². The van der Waals surface area contributed by atoms with Gasteiger partial charge in [0, 0.05) is 5.75 Å². The summed E-state index contributed by atoms with van der Waals surface area (Å²) in [6.07, 6.45) is 4.08. The van der Waals surface area contributed by atoms with Gasteiger partial charge in [-0.1, -0.05) is 5.16 Å². The Kier molecular flexibility index (Phi) is 3.98. The van der Waals surface area contributed by atoms with Crippen LogP contribution in [0.15, 0.2) is 26.7 Å². The van der Waals surface area contributed by atoms with Gasteiger partial charge in [-0.05, 0) is 12.3 Å². The summed E-state index contributed by atoms with van der Waals surface area (Å²) < 4.78 is 4.93. The standard InChI is InChI=1S/C10H11N3O4S/c1-18-6-8-4-9(12-17-8)11-5-7-2-3-10(16-7)13(14)15/h2-3,5,8H,4,6H2,1H3/t8-/m0/s1. The highest BCUT2D eigenvalue weighted by molar-refractivity contribution is 7.98. The zero-order valence-electron chi connectivity index (χ0n) is 9.61. The first-order valence-electron chi connectivity index (χ1n) is 5.19. The van der Waals surface area contributed by atoms with E-state index in [0.717, 1.165) is 5.75 Å². The number of hydrogen-bond donors (Lipinski definition) is 0. The van der Waals surface area contributed by atoms with Crippen LogP contribution in [-0.2, 0) is 4.84 Å². The summed E-state index contributed by atoms with van der Waals surface area (Å²) in [4.78, 5) is 19.0. The maximum atomic E-state index is 10.4. The second-order valence-corrected chi connectivity index (χ2v) is 4.50. The second kappa shape index (κ2) is 5.67. The molecule has 1 aromatic heterocycles. The predicted octanol–water partition coefficient (Wildman–Crippen LogP) is 2.07. The van der Waals surface area contributed by atoms with Crippen LogP contribution in [0.5, 0.6) is 0 Å². The molecule has 0 radical (unpaired) electrons. The first-order chi connectivity index (χ1) is 8.69. The molecule has 1 aliphatic rings. The summed E-state index contributed by atoms with van der Waals surface area (Å²) in [5.74, 6) is 1.43. The van der Waals surface area contributed by atoms with Crippen LogP contribution >= 0.6 is 11.8 Å². The van der Waals surface area contributed by atoms with E-state index in [0.29, 0.717) is 18.0 Å². The second-order valence-electron chi connectivity index (χ2n) is 3.59. The molecule has 0 spiro atoms. The Balaban J connectivity index is 1.93. The molecule has 0 saturated carbocycles. The molecular weight excluding hydrogens is 258 g/mol. The van der Waals surface area contributed by atoms with Crippen LogP contribution in [0.3, 0.4) is 0 Å². The van der Waals surface area contributed by atoms with Crippen LogP contribution in [0.1, 0.15) is 12.2 Å². The third-order valence-electron chi connectivity index (χ3n) is 2.20. The number of hydrogen-bond acceptors (Lipinski definition) is 7. The molecule has 0 aromatic carbocycles. The fourth-order valence-corrected chi connectivity index (χ4v) is 1.96. The summed E-state index contributed by atoms with van der Waals surface area (Å²) in [6.45, 7) is 0. The number of oxime groups is 1. The number of aliphatic imine (C=N–C) groups is 1. The van der Waals surface area contributed by atoms with Crippen molar-refractivity contribution >= 4 is 29.7 Å². The van der Waals surface area contributed by atoms with Crippen molar-refractivity contribution in [2.45, 2.75) is 12.5 Å². The molecule has 1 atom stereocenters. The molecule has 0 saturated heterocycles. The van der Waals surface area contributed by atoms with Crippen molar-refractivity contribution in [3.05, 3.63) is 28.0 Å². The minimum absolute atomic E-state index is 0.0538. The molecule has 0 fully saturated rings. The van der Waals surface area contributed by atoms with Gasteiger partial charge in [-0.25, -0.2) is 4.99 Å². The van der Waals surface area contributed by atoms with E-state index in [2.05, 4.69) is 10.1 Å². The van der Waals surface area contributed by atoms with Crippen molar-refractivity contribution < 1.29 is 14.2 Å².